The first-order chi connectivity index (χ1) is 13.6. The number of hydrogen-bond acceptors (Lipinski definition) is 4. The summed E-state index contributed by atoms with van der Waals surface area (Å²) < 4.78 is 5.54. The molecule has 0 radical (unpaired) electrons. The molecule has 0 spiro atoms. The normalized spacial score (nSPS) is 12.9. The Bertz CT molecular complexity index is 791. The summed E-state index contributed by atoms with van der Waals surface area (Å²) in [4.78, 5) is 25.9. The van der Waals surface area contributed by atoms with Gasteiger partial charge in [0.05, 0.1) is 0 Å². The van der Waals surface area contributed by atoms with Crippen LogP contribution in [0.3, 0.4) is 0 Å². The van der Waals surface area contributed by atoms with Gasteiger partial charge in [-0.2, -0.15) is 0 Å². The number of benzene rings is 2. The minimum Gasteiger partial charge on any atom is -0.484 e. The van der Waals surface area contributed by atoms with Gasteiger partial charge in [-0.3, -0.25) is 9.59 Å². The molecule has 1 saturated carbocycles. The second kappa shape index (κ2) is 9.78. The molecule has 2 aromatic rings. The van der Waals surface area contributed by atoms with Gasteiger partial charge in [-0.25, -0.2) is 0 Å². The minimum absolute atomic E-state index is 0.0471. The number of hydrogen-bond donors (Lipinski definition) is 2. The summed E-state index contributed by atoms with van der Waals surface area (Å²) in [5.41, 5.74) is 1.85. The summed E-state index contributed by atoms with van der Waals surface area (Å²) in [5, 5.41) is 5.74. The van der Waals surface area contributed by atoms with E-state index in [-0.39, 0.29) is 24.3 Å². The number of carbonyl (C=O) groups excluding carboxylic acids is 2. The van der Waals surface area contributed by atoms with E-state index in [0.29, 0.717) is 18.0 Å². The first kappa shape index (κ1) is 19.7. The first-order valence-corrected chi connectivity index (χ1v) is 9.68. The van der Waals surface area contributed by atoms with Gasteiger partial charge >= 0.3 is 0 Å². The Balaban J connectivity index is 1.33. The van der Waals surface area contributed by atoms with E-state index in [0.717, 1.165) is 31.5 Å². The SMILES string of the molecule is CN(CCCNC(=O)COc1cccc(NC(=O)C2CC2)c1)c1ccccc1. The highest BCUT2D eigenvalue weighted by Crippen LogP contribution is 2.30. The van der Waals surface area contributed by atoms with Crippen LogP contribution in [0.5, 0.6) is 5.75 Å². The molecule has 2 aromatic carbocycles. The molecule has 0 unspecified atom stereocenters. The van der Waals surface area contributed by atoms with Crippen molar-refractivity contribution in [3.8, 4) is 5.75 Å². The first-order valence-electron chi connectivity index (χ1n) is 9.68. The molecule has 6 nitrogen and oxygen atoms in total. The molecule has 1 fully saturated rings. The van der Waals surface area contributed by atoms with Gasteiger partial charge in [0.25, 0.3) is 5.91 Å². The van der Waals surface area contributed by atoms with E-state index in [9.17, 15) is 9.59 Å². The Labute approximate surface area is 165 Å². The van der Waals surface area contributed by atoms with Crippen LogP contribution in [0.2, 0.25) is 0 Å². The standard InChI is InChI=1S/C22H27N3O3/c1-25(19-8-3-2-4-9-19)14-6-13-23-21(26)16-28-20-10-5-7-18(15-20)24-22(27)17-11-12-17/h2-5,7-10,15,17H,6,11-14,16H2,1H3,(H,23,26)(H,24,27). The predicted molar refractivity (Wildman–Crippen MR) is 111 cm³/mol. The number of carbonyl (C=O) groups is 2. The predicted octanol–water partition coefficient (Wildman–Crippen LogP) is 3.06. The molecule has 28 heavy (non-hydrogen) atoms. The third-order valence-electron chi connectivity index (χ3n) is 4.61. The van der Waals surface area contributed by atoms with Crippen molar-refractivity contribution < 1.29 is 14.3 Å². The third-order valence-corrected chi connectivity index (χ3v) is 4.61. The van der Waals surface area contributed by atoms with Crippen LogP contribution in [0.4, 0.5) is 11.4 Å². The molecule has 0 aromatic heterocycles. The zero-order chi connectivity index (χ0) is 19.8. The van der Waals surface area contributed by atoms with Gasteiger partial charge in [0, 0.05) is 43.5 Å². The molecular weight excluding hydrogens is 354 g/mol. The van der Waals surface area contributed by atoms with E-state index >= 15 is 0 Å². The second-order valence-electron chi connectivity index (χ2n) is 7.04. The Morgan fingerprint density at radius 1 is 1.11 bits per heavy atom. The summed E-state index contributed by atoms with van der Waals surface area (Å²) in [7, 11) is 2.04. The fraction of sp³-hybridized carbons (Fsp3) is 0.364. The van der Waals surface area contributed by atoms with E-state index in [2.05, 4.69) is 27.7 Å². The van der Waals surface area contributed by atoms with Crippen molar-refractivity contribution in [1.82, 2.24) is 5.32 Å². The fourth-order valence-electron chi connectivity index (χ4n) is 2.81. The van der Waals surface area contributed by atoms with Crippen LogP contribution in [0.25, 0.3) is 0 Å². The molecule has 0 saturated heterocycles. The van der Waals surface area contributed by atoms with E-state index < -0.39 is 0 Å². The Morgan fingerprint density at radius 2 is 1.89 bits per heavy atom. The number of nitrogens with one attached hydrogen (secondary N) is 2. The topological polar surface area (TPSA) is 70.7 Å². The maximum absolute atomic E-state index is 12.0. The summed E-state index contributed by atoms with van der Waals surface area (Å²) in [6, 6.07) is 17.3. The molecule has 6 heteroatoms. The van der Waals surface area contributed by atoms with Gasteiger partial charge in [0.1, 0.15) is 5.75 Å². The molecule has 0 atom stereocenters. The molecule has 1 aliphatic rings. The summed E-state index contributed by atoms with van der Waals surface area (Å²) in [5.74, 6) is 0.606. The van der Waals surface area contributed by atoms with Crippen molar-refractivity contribution in [2.45, 2.75) is 19.3 Å². The smallest absolute Gasteiger partial charge is 0.257 e. The maximum Gasteiger partial charge on any atom is 0.257 e. The maximum atomic E-state index is 12.0. The third kappa shape index (κ3) is 6.30. The van der Waals surface area contributed by atoms with Crippen molar-refractivity contribution in [2.24, 2.45) is 5.92 Å². The number of para-hydroxylation sites is 1. The van der Waals surface area contributed by atoms with Gasteiger partial charge in [-0.1, -0.05) is 24.3 Å². The van der Waals surface area contributed by atoms with Crippen molar-refractivity contribution in [3.63, 3.8) is 0 Å². The van der Waals surface area contributed by atoms with E-state index in [1.165, 1.54) is 0 Å². The highest BCUT2D eigenvalue weighted by Gasteiger charge is 2.29. The van der Waals surface area contributed by atoms with Crippen LogP contribution in [-0.2, 0) is 9.59 Å². The van der Waals surface area contributed by atoms with Crippen LogP contribution in [0.15, 0.2) is 54.6 Å². The van der Waals surface area contributed by atoms with E-state index in [1.807, 2.05) is 31.3 Å². The monoisotopic (exact) mass is 381 g/mol. The number of nitrogens with zero attached hydrogens (tertiary/aromatic N) is 1. The lowest BCUT2D eigenvalue weighted by molar-refractivity contribution is -0.123. The Kier molecular flexibility index (Phi) is 6.89. The lowest BCUT2D eigenvalue weighted by Crippen LogP contribution is -2.31. The van der Waals surface area contributed by atoms with Gasteiger partial charge in [0.15, 0.2) is 6.61 Å². The molecule has 2 amide bonds. The Hall–Kier alpha value is -3.02. The zero-order valence-corrected chi connectivity index (χ0v) is 16.2. The lowest BCUT2D eigenvalue weighted by atomic mass is 10.3. The summed E-state index contributed by atoms with van der Waals surface area (Å²) >= 11 is 0. The zero-order valence-electron chi connectivity index (χ0n) is 16.2. The molecule has 2 N–H and O–H groups in total. The van der Waals surface area contributed by atoms with Crippen LogP contribution >= 0.6 is 0 Å². The molecule has 0 aliphatic heterocycles. The van der Waals surface area contributed by atoms with Crippen LogP contribution in [0.1, 0.15) is 19.3 Å². The molecule has 0 bridgehead atoms. The highest BCUT2D eigenvalue weighted by molar-refractivity contribution is 5.94. The number of ether oxygens (including phenoxy) is 1. The minimum atomic E-state index is -0.158. The average molecular weight is 381 g/mol. The van der Waals surface area contributed by atoms with Gasteiger partial charge in [-0.05, 0) is 43.5 Å². The van der Waals surface area contributed by atoms with E-state index in [4.69, 9.17) is 4.74 Å². The molecule has 0 heterocycles. The molecule has 148 valence electrons. The largest absolute Gasteiger partial charge is 0.484 e. The molecule has 1 aliphatic carbocycles. The Morgan fingerprint density at radius 3 is 2.64 bits per heavy atom. The second-order valence-corrected chi connectivity index (χ2v) is 7.04. The quantitative estimate of drug-likeness (QED) is 0.621. The van der Waals surface area contributed by atoms with Crippen molar-refractivity contribution in [1.29, 1.82) is 0 Å². The van der Waals surface area contributed by atoms with Crippen molar-refractivity contribution >= 4 is 23.2 Å². The van der Waals surface area contributed by atoms with Gasteiger partial charge in [0.2, 0.25) is 5.91 Å². The fourth-order valence-corrected chi connectivity index (χ4v) is 2.81. The summed E-state index contributed by atoms with van der Waals surface area (Å²) in [6.45, 7) is 1.40. The molecule has 3 rings (SSSR count). The van der Waals surface area contributed by atoms with E-state index in [1.54, 1.807) is 18.2 Å². The summed E-state index contributed by atoms with van der Waals surface area (Å²) in [6.07, 6.45) is 2.77. The van der Waals surface area contributed by atoms with Crippen LogP contribution in [0, 0.1) is 5.92 Å². The van der Waals surface area contributed by atoms with Crippen LogP contribution < -0.4 is 20.3 Å². The van der Waals surface area contributed by atoms with Crippen LogP contribution in [-0.4, -0.2) is 38.6 Å². The number of amides is 2. The number of anilines is 2. The van der Waals surface area contributed by atoms with Crippen molar-refractivity contribution in [2.75, 3.05) is 37.0 Å². The van der Waals surface area contributed by atoms with Gasteiger partial charge in [-0.15, -0.1) is 0 Å². The highest BCUT2D eigenvalue weighted by atomic mass is 16.5. The average Bonchev–Trinajstić information content (AvgIpc) is 3.56. The lowest BCUT2D eigenvalue weighted by Gasteiger charge is -2.19. The molecular formula is C22H27N3O3. The van der Waals surface area contributed by atoms with Crippen molar-refractivity contribution in [3.05, 3.63) is 54.6 Å². The van der Waals surface area contributed by atoms with Gasteiger partial charge < -0.3 is 20.3 Å². The number of rotatable bonds is 10.